The molecule has 0 atom stereocenters. The van der Waals surface area contributed by atoms with Gasteiger partial charge < -0.3 is 5.73 Å². The Balaban J connectivity index is 2.33. The van der Waals surface area contributed by atoms with Gasteiger partial charge in [0.05, 0.1) is 17.6 Å². The molecule has 2 rings (SSSR count). The molecule has 0 amide bonds. The Morgan fingerprint density at radius 3 is 2.76 bits per heavy atom. The highest BCUT2D eigenvalue weighted by Crippen LogP contribution is 2.22. The second kappa shape index (κ2) is 4.06. The molecule has 4 N–H and O–H groups in total. The van der Waals surface area contributed by atoms with E-state index >= 15 is 0 Å². The van der Waals surface area contributed by atoms with Crippen LogP contribution in [0, 0.1) is 5.82 Å². The van der Waals surface area contributed by atoms with Crippen molar-refractivity contribution >= 4 is 21.4 Å². The fraction of sp³-hybridized carbons (Fsp3) is 0. The van der Waals surface area contributed by atoms with Crippen LogP contribution in [0.4, 0.5) is 15.8 Å². The monoisotopic (exact) mass is 256 g/mol. The zero-order valence-electron chi connectivity index (χ0n) is 8.51. The van der Waals surface area contributed by atoms with Gasteiger partial charge in [0.2, 0.25) is 0 Å². The molecule has 1 aromatic heterocycles. The van der Waals surface area contributed by atoms with Gasteiger partial charge in [0.1, 0.15) is 10.7 Å². The van der Waals surface area contributed by atoms with Crippen LogP contribution >= 0.6 is 0 Å². The lowest BCUT2D eigenvalue weighted by molar-refractivity contribution is 0.601. The molecule has 0 aliphatic carbocycles. The van der Waals surface area contributed by atoms with Crippen LogP contribution in [0.25, 0.3) is 0 Å². The Morgan fingerprint density at radius 1 is 1.41 bits per heavy atom. The van der Waals surface area contributed by atoms with E-state index in [4.69, 9.17) is 5.73 Å². The first-order chi connectivity index (χ1) is 7.99. The van der Waals surface area contributed by atoms with Crippen LogP contribution in [-0.4, -0.2) is 18.6 Å². The zero-order chi connectivity index (χ0) is 12.5. The number of benzene rings is 1. The molecule has 0 aliphatic rings. The number of nitrogens with two attached hydrogens (primary N) is 1. The summed E-state index contributed by atoms with van der Waals surface area (Å²) in [6.07, 6.45) is 2.38. The standard InChI is InChI=1S/C9H9FN4O2S/c10-6-1-2-9(8(11)3-6)14-17(15,16)7-4-12-13-5-7/h1-5,14H,11H2,(H,12,13). The van der Waals surface area contributed by atoms with Crippen LogP contribution in [-0.2, 0) is 10.0 Å². The average molecular weight is 256 g/mol. The lowest BCUT2D eigenvalue weighted by Gasteiger charge is -2.08. The molecule has 6 nitrogen and oxygen atoms in total. The van der Waals surface area contributed by atoms with Crippen molar-refractivity contribution in [2.45, 2.75) is 4.90 Å². The van der Waals surface area contributed by atoms with Crippen LogP contribution in [0.2, 0.25) is 0 Å². The maximum Gasteiger partial charge on any atom is 0.265 e. The van der Waals surface area contributed by atoms with E-state index in [9.17, 15) is 12.8 Å². The van der Waals surface area contributed by atoms with Gasteiger partial charge in [-0.25, -0.2) is 12.8 Å². The summed E-state index contributed by atoms with van der Waals surface area (Å²) in [7, 11) is -3.75. The number of H-pyrrole nitrogens is 1. The lowest BCUT2D eigenvalue weighted by atomic mass is 10.3. The van der Waals surface area contributed by atoms with E-state index in [1.807, 2.05) is 0 Å². The third-order valence-electron chi connectivity index (χ3n) is 2.04. The Labute approximate surface area is 96.7 Å². The molecule has 0 fully saturated rings. The van der Waals surface area contributed by atoms with E-state index < -0.39 is 15.8 Å². The second-order valence-corrected chi connectivity index (χ2v) is 4.95. The van der Waals surface area contributed by atoms with Crippen molar-refractivity contribution in [1.82, 2.24) is 10.2 Å². The molecule has 0 radical (unpaired) electrons. The number of anilines is 2. The summed E-state index contributed by atoms with van der Waals surface area (Å²) in [5, 5.41) is 5.92. The van der Waals surface area contributed by atoms with Crippen LogP contribution in [0.3, 0.4) is 0 Å². The normalized spacial score (nSPS) is 11.4. The Hall–Kier alpha value is -2.09. The van der Waals surface area contributed by atoms with Crippen molar-refractivity contribution in [3.8, 4) is 0 Å². The number of rotatable bonds is 3. The number of nitrogens with zero attached hydrogens (tertiary/aromatic N) is 1. The molecule has 1 aromatic carbocycles. The van der Waals surface area contributed by atoms with Crippen LogP contribution in [0.1, 0.15) is 0 Å². The number of hydrogen-bond acceptors (Lipinski definition) is 4. The minimum Gasteiger partial charge on any atom is -0.397 e. The second-order valence-electron chi connectivity index (χ2n) is 3.27. The van der Waals surface area contributed by atoms with E-state index in [0.717, 1.165) is 18.3 Å². The number of halogens is 1. The van der Waals surface area contributed by atoms with E-state index in [1.54, 1.807) is 0 Å². The van der Waals surface area contributed by atoms with Gasteiger partial charge >= 0.3 is 0 Å². The maximum atomic E-state index is 12.8. The smallest absolute Gasteiger partial charge is 0.265 e. The third kappa shape index (κ3) is 2.36. The van der Waals surface area contributed by atoms with Crippen LogP contribution < -0.4 is 10.5 Å². The van der Waals surface area contributed by atoms with E-state index in [2.05, 4.69) is 14.9 Å². The predicted molar refractivity (Wildman–Crippen MR) is 60.2 cm³/mol. The Bertz CT molecular complexity index is 624. The molecule has 8 heteroatoms. The summed E-state index contributed by atoms with van der Waals surface area (Å²) in [5.74, 6) is -0.534. The summed E-state index contributed by atoms with van der Waals surface area (Å²) >= 11 is 0. The fourth-order valence-corrected chi connectivity index (χ4v) is 2.21. The number of nitrogen functional groups attached to an aromatic ring is 1. The van der Waals surface area contributed by atoms with Crippen molar-refractivity contribution in [3.63, 3.8) is 0 Å². The molecule has 17 heavy (non-hydrogen) atoms. The largest absolute Gasteiger partial charge is 0.397 e. The molecule has 0 bridgehead atoms. The van der Waals surface area contributed by atoms with Gasteiger partial charge in [0, 0.05) is 6.20 Å². The number of nitrogens with one attached hydrogen (secondary N) is 2. The molecule has 2 aromatic rings. The molecule has 90 valence electrons. The highest BCUT2D eigenvalue weighted by atomic mass is 32.2. The van der Waals surface area contributed by atoms with Crippen molar-refractivity contribution in [2.24, 2.45) is 0 Å². The van der Waals surface area contributed by atoms with Gasteiger partial charge in [-0.3, -0.25) is 9.82 Å². The Kier molecular flexibility index (Phi) is 2.72. The van der Waals surface area contributed by atoms with Crippen molar-refractivity contribution in [1.29, 1.82) is 0 Å². The topological polar surface area (TPSA) is 101 Å². The van der Waals surface area contributed by atoms with E-state index in [1.165, 1.54) is 12.3 Å². The number of aromatic amines is 1. The highest BCUT2D eigenvalue weighted by Gasteiger charge is 2.16. The minimum atomic E-state index is -3.75. The van der Waals surface area contributed by atoms with Crippen molar-refractivity contribution < 1.29 is 12.8 Å². The highest BCUT2D eigenvalue weighted by molar-refractivity contribution is 7.92. The van der Waals surface area contributed by atoms with Gasteiger partial charge in [-0.1, -0.05) is 0 Å². The number of sulfonamides is 1. The van der Waals surface area contributed by atoms with Crippen LogP contribution in [0.15, 0.2) is 35.5 Å². The van der Waals surface area contributed by atoms with Gasteiger partial charge in [0.25, 0.3) is 10.0 Å². The summed E-state index contributed by atoms with van der Waals surface area (Å²) in [6, 6.07) is 3.40. The minimum absolute atomic E-state index is 0.0112. The molecular formula is C9H9FN4O2S. The molecule has 0 saturated heterocycles. The van der Waals surface area contributed by atoms with Crippen LogP contribution in [0.5, 0.6) is 0 Å². The molecular weight excluding hydrogens is 247 g/mol. The third-order valence-corrected chi connectivity index (χ3v) is 3.37. The maximum absolute atomic E-state index is 12.8. The molecule has 0 spiro atoms. The Morgan fingerprint density at radius 2 is 2.18 bits per heavy atom. The molecule has 0 saturated carbocycles. The summed E-state index contributed by atoms with van der Waals surface area (Å²) in [6.45, 7) is 0. The first-order valence-electron chi connectivity index (χ1n) is 4.56. The predicted octanol–water partition coefficient (Wildman–Crippen LogP) is 0.932. The van der Waals surface area contributed by atoms with Gasteiger partial charge in [-0.15, -0.1) is 0 Å². The quantitative estimate of drug-likeness (QED) is 0.711. The number of hydrogen-bond donors (Lipinski definition) is 3. The first-order valence-corrected chi connectivity index (χ1v) is 6.04. The molecule has 0 aliphatic heterocycles. The van der Waals surface area contributed by atoms with Gasteiger partial charge in [0.15, 0.2) is 0 Å². The van der Waals surface area contributed by atoms with Crippen molar-refractivity contribution in [2.75, 3.05) is 10.5 Å². The zero-order valence-corrected chi connectivity index (χ0v) is 9.33. The summed E-state index contributed by atoms with van der Waals surface area (Å²) < 4.78 is 38.6. The van der Waals surface area contributed by atoms with Crippen molar-refractivity contribution in [3.05, 3.63) is 36.4 Å². The lowest BCUT2D eigenvalue weighted by Crippen LogP contribution is -2.13. The average Bonchev–Trinajstić information content (AvgIpc) is 2.76. The SMILES string of the molecule is Nc1cc(F)ccc1NS(=O)(=O)c1cn[nH]c1. The summed E-state index contributed by atoms with van der Waals surface area (Å²) in [4.78, 5) is -0.0266. The number of aromatic nitrogens is 2. The summed E-state index contributed by atoms with van der Waals surface area (Å²) in [5.41, 5.74) is 5.62. The molecule has 0 unspecified atom stereocenters. The molecule has 1 heterocycles. The van der Waals surface area contributed by atoms with Gasteiger partial charge in [-0.2, -0.15) is 5.10 Å². The van der Waals surface area contributed by atoms with E-state index in [0.29, 0.717) is 0 Å². The fourth-order valence-electron chi connectivity index (χ4n) is 1.22. The van der Waals surface area contributed by atoms with Gasteiger partial charge in [-0.05, 0) is 18.2 Å². The van der Waals surface area contributed by atoms with E-state index in [-0.39, 0.29) is 16.3 Å². The first kappa shape index (κ1) is 11.4.